The molecule has 1 saturated carbocycles. The number of carbonyl (C=O) groups excluding carboxylic acids is 1. The second kappa shape index (κ2) is 4.52. The first-order chi connectivity index (χ1) is 7.18. The van der Waals surface area contributed by atoms with Gasteiger partial charge in [-0.3, -0.25) is 10.1 Å². The van der Waals surface area contributed by atoms with Crippen LogP contribution < -0.4 is 5.32 Å². The smallest absolute Gasteiger partial charge is 0.240 e. The SMILES string of the molecule is CC1NC(C)N(CCC2CCCC2)C1=O. The number of nitrogens with one attached hydrogen (secondary N) is 1. The van der Waals surface area contributed by atoms with Gasteiger partial charge in [0, 0.05) is 6.54 Å². The van der Waals surface area contributed by atoms with Gasteiger partial charge in [-0.1, -0.05) is 25.7 Å². The quantitative estimate of drug-likeness (QED) is 0.769. The molecule has 0 aromatic carbocycles. The Morgan fingerprint density at radius 3 is 2.53 bits per heavy atom. The van der Waals surface area contributed by atoms with E-state index in [1.54, 1.807) is 0 Å². The van der Waals surface area contributed by atoms with Crippen molar-refractivity contribution in [2.45, 2.75) is 58.2 Å². The largest absolute Gasteiger partial charge is 0.326 e. The minimum absolute atomic E-state index is 0.0172. The average molecular weight is 210 g/mol. The lowest BCUT2D eigenvalue weighted by molar-refractivity contribution is -0.129. The second-order valence-electron chi connectivity index (χ2n) is 5.04. The van der Waals surface area contributed by atoms with Crippen LogP contribution in [0.3, 0.4) is 0 Å². The summed E-state index contributed by atoms with van der Waals surface area (Å²) in [4.78, 5) is 13.8. The summed E-state index contributed by atoms with van der Waals surface area (Å²) in [5.41, 5.74) is 0. The van der Waals surface area contributed by atoms with Crippen molar-refractivity contribution < 1.29 is 4.79 Å². The van der Waals surface area contributed by atoms with Gasteiger partial charge in [-0.2, -0.15) is 0 Å². The van der Waals surface area contributed by atoms with Crippen LogP contribution in [-0.2, 0) is 4.79 Å². The molecule has 2 atom stereocenters. The number of carbonyl (C=O) groups is 1. The molecule has 3 heteroatoms. The summed E-state index contributed by atoms with van der Waals surface area (Å²) < 4.78 is 0. The number of hydrogen-bond acceptors (Lipinski definition) is 2. The molecule has 2 aliphatic rings. The fraction of sp³-hybridized carbons (Fsp3) is 0.917. The average Bonchev–Trinajstić information content (AvgIpc) is 2.76. The van der Waals surface area contributed by atoms with Gasteiger partial charge in [-0.05, 0) is 26.2 Å². The molecule has 0 bridgehead atoms. The van der Waals surface area contributed by atoms with E-state index in [4.69, 9.17) is 0 Å². The molecule has 1 aliphatic heterocycles. The second-order valence-corrected chi connectivity index (χ2v) is 5.04. The van der Waals surface area contributed by atoms with Crippen molar-refractivity contribution in [3.05, 3.63) is 0 Å². The lowest BCUT2D eigenvalue weighted by Gasteiger charge is -2.22. The molecule has 2 rings (SSSR count). The normalized spacial score (nSPS) is 32.9. The van der Waals surface area contributed by atoms with Gasteiger partial charge in [0.2, 0.25) is 5.91 Å². The Labute approximate surface area is 92.2 Å². The number of nitrogens with zero attached hydrogens (tertiary/aromatic N) is 1. The van der Waals surface area contributed by atoms with E-state index in [9.17, 15) is 4.79 Å². The van der Waals surface area contributed by atoms with E-state index in [0.717, 1.165) is 12.5 Å². The van der Waals surface area contributed by atoms with Gasteiger partial charge in [0.15, 0.2) is 0 Å². The molecule has 1 N–H and O–H groups in total. The highest BCUT2D eigenvalue weighted by atomic mass is 16.2. The molecule has 3 nitrogen and oxygen atoms in total. The third kappa shape index (κ3) is 2.33. The highest BCUT2D eigenvalue weighted by Gasteiger charge is 2.33. The fourth-order valence-corrected chi connectivity index (χ4v) is 2.89. The van der Waals surface area contributed by atoms with Crippen LogP contribution in [0.5, 0.6) is 0 Å². The van der Waals surface area contributed by atoms with E-state index in [0.29, 0.717) is 0 Å². The fourth-order valence-electron chi connectivity index (χ4n) is 2.89. The Morgan fingerprint density at radius 2 is 2.00 bits per heavy atom. The molecule has 1 aliphatic carbocycles. The van der Waals surface area contributed by atoms with E-state index in [2.05, 4.69) is 12.2 Å². The van der Waals surface area contributed by atoms with Gasteiger partial charge in [0.1, 0.15) is 0 Å². The predicted molar refractivity (Wildman–Crippen MR) is 60.3 cm³/mol. The van der Waals surface area contributed by atoms with Gasteiger partial charge in [-0.15, -0.1) is 0 Å². The summed E-state index contributed by atoms with van der Waals surface area (Å²) in [6.07, 6.45) is 6.96. The summed E-state index contributed by atoms with van der Waals surface area (Å²) in [6, 6.07) is 0.0172. The van der Waals surface area contributed by atoms with Crippen LogP contribution in [0.15, 0.2) is 0 Å². The maximum Gasteiger partial charge on any atom is 0.240 e. The van der Waals surface area contributed by atoms with Crippen LogP contribution >= 0.6 is 0 Å². The van der Waals surface area contributed by atoms with Crippen molar-refractivity contribution in [1.82, 2.24) is 10.2 Å². The van der Waals surface area contributed by atoms with E-state index >= 15 is 0 Å². The summed E-state index contributed by atoms with van der Waals surface area (Å²) in [5, 5.41) is 3.27. The standard InChI is InChI=1S/C12H22N2O/c1-9-12(15)14(10(2)13-9)8-7-11-5-3-4-6-11/h9-11,13H,3-8H2,1-2H3. The molecule has 0 aromatic heterocycles. The molecule has 2 fully saturated rings. The highest BCUT2D eigenvalue weighted by Crippen LogP contribution is 2.28. The molecule has 1 amide bonds. The van der Waals surface area contributed by atoms with Crippen molar-refractivity contribution in [3.63, 3.8) is 0 Å². The zero-order valence-corrected chi connectivity index (χ0v) is 9.83. The molecule has 1 saturated heterocycles. The summed E-state index contributed by atoms with van der Waals surface area (Å²) in [6.45, 7) is 4.98. The molecule has 1 heterocycles. The minimum atomic E-state index is 0.0172. The van der Waals surface area contributed by atoms with Crippen molar-refractivity contribution in [2.24, 2.45) is 5.92 Å². The summed E-state index contributed by atoms with van der Waals surface area (Å²) in [5.74, 6) is 1.15. The van der Waals surface area contributed by atoms with Gasteiger partial charge in [-0.25, -0.2) is 0 Å². The Hall–Kier alpha value is -0.570. The van der Waals surface area contributed by atoms with E-state index in [-0.39, 0.29) is 18.1 Å². The van der Waals surface area contributed by atoms with Gasteiger partial charge in [0.05, 0.1) is 12.2 Å². The number of rotatable bonds is 3. The van der Waals surface area contributed by atoms with Gasteiger partial charge in [0.25, 0.3) is 0 Å². The highest BCUT2D eigenvalue weighted by molar-refractivity contribution is 5.83. The summed E-state index contributed by atoms with van der Waals surface area (Å²) in [7, 11) is 0. The molecule has 0 radical (unpaired) electrons. The van der Waals surface area contributed by atoms with Gasteiger partial charge >= 0.3 is 0 Å². The van der Waals surface area contributed by atoms with Crippen molar-refractivity contribution in [1.29, 1.82) is 0 Å². The Kier molecular flexibility index (Phi) is 3.29. The molecule has 0 aromatic rings. The van der Waals surface area contributed by atoms with Crippen LogP contribution in [0.2, 0.25) is 0 Å². The molecule has 86 valence electrons. The molecular formula is C12H22N2O. The Morgan fingerprint density at radius 1 is 1.33 bits per heavy atom. The predicted octanol–water partition coefficient (Wildman–Crippen LogP) is 1.73. The van der Waals surface area contributed by atoms with Crippen LogP contribution in [0.4, 0.5) is 0 Å². The minimum Gasteiger partial charge on any atom is -0.326 e. The number of hydrogen-bond donors (Lipinski definition) is 1. The molecular weight excluding hydrogens is 188 g/mol. The first kappa shape index (κ1) is 10.9. The van der Waals surface area contributed by atoms with Crippen LogP contribution in [0, 0.1) is 5.92 Å². The topological polar surface area (TPSA) is 32.3 Å². The van der Waals surface area contributed by atoms with Crippen molar-refractivity contribution in [3.8, 4) is 0 Å². The van der Waals surface area contributed by atoms with E-state index < -0.39 is 0 Å². The Bertz CT molecular complexity index is 236. The third-order valence-corrected chi connectivity index (χ3v) is 3.87. The number of amides is 1. The van der Waals surface area contributed by atoms with Crippen molar-refractivity contribution in [2.75, 3.05) is 6.54 Å². The Balaban J connectivity index is 1.80. The molecule has 2 unspecified atom stereocenters. The lowest BCUT2D eigenvalue weighted by Crippen LogP contribution is -2.36. The first-order valence-corrected chi connectivity index (χ1v) is 6.25. The zero-order valence-electron chi connectivity index (χ0n) is 9.83. The van der Waals surface area contributed by atoms with Crippen LogP contribution in [0.1, 0.15) is 46.0 Å². The maximum atomic E-state index is 11.8. The maximum absolute atomic E-state index is 11.8. The molecule has 15 heavy (non-hydrogen) atoms. The van der Waals surface area contributed by atoms with Crippen LogP contribution in [0.25, 0.3) is 0 Å². The monoisotopic (exact) mass is 210 g/mol. The zero-order chi connectivity index (χ0) is 10.8. The molecule has 0 spiro atoms. The van der Waals surface area contributed by atoms with E-state index in [1.165, 1.54) is 32.1 Å². The van der Waals surface area contributed by atoms with Crippen LogP contribution in [-0.4, -0.2) is 29.6 Å². The first-order valence-electron chi connectivity index (χ1n) is 6.25. The summed E-state index contributed by atoms with van der Waals surface area (Å²) >= 11 is 0. The third-order valence-electron chi connectivity index (χ3n) is 3.87. The van der Waals surface area contributed by atoms with E-state index in [1.807, 2.05) is 11.8 Å². The lowest BCUT2D eigenvalue weighted by atomic mass is 10.0. The van der Waals surface area contributed by atoms with Gasteiger partial charge < -0.3 is 4.90 Å². The van der Waals surface area contributed by atoms with Crippen molar-refractivity contribution >= 4 is 5.91 Å².